The average molecular weight is 445 g/mol. The molecule has 166 valence electrons. The van der Waals surface area contributed by atoms with E-state index in [4.69, 9.17) is 9.47 Å². The van der Waals surface area contributed by atoms with Gasteiger partial charge in [0.05, 0.1) is 24.8 Å². The number of rotatable bonds is 4. The van der Waals surface area contributed by atoms with Crippen molar-refractivity contribution in [3.63, 3.8) is 0 Å². The maximum absolute atomic E-state index is 12.7. The molecule has 11 heteroatoms. The van der Waals surface area contributed by atoms with E-state index in [2.05, 4.69) is 20.8 Å². The van der Waals surface area contributed by atoms with Crippen molar-refractivity contribution < 1.29 is 27.4 Å². The molecule has 0 saturated carbocycles. The van der Waals surface area contributed by atoms with Crippen molar-refractivity contribution in [3.8, 4) is 11.4 Å². The molecule has 8 nitrogen and oxygen atoms in total. The number of aromatic nitrogens is 4. The number of tetrazole rings is 1. The Kier molecular flexibility index (Phi) is 5.14. The third-order valence-electron chi connectivity index (χ3n) is 5.66. The molecule has 32 heavy (non-hydrogen) atoms. The van der Waals surface area contributed by atoms with Gasteiger partial charge in [-0.1, -0.05) is 30.3 Å². The van der Waals surface area contributed by atoms with Crippen LogP contribution in [0.5, 0.6) is 0 Å². The Balaban J connectivity index is 1.28. The second-order valence-corrected chi connectivity index (χ2v) is 7.63. The molecular weight excluding hydrogens is 427 g/mol. The van der Waals surface area contributed by atoms with Crippen molar-refractivity contribution in [1.82, 2.24) is 25.5 Å². The number of carbonyl (C=O) groups excluding carboxylic acids is 1. The summed E-state index contributed by atoms with van der Waals surface area (Å²) >= 11 is 0. The fourth-order valence-corrected chi connectivity index (χ4v) is 4.07. The SMILES string of the molecule is O=C(N[C@H]1CO[C@H]2[C@H]1OC[C@H]2n1nnnc1-c1ccccc1)c1ccc(C(F)(F)F)cc1. The third-order valence-corrected chi connectivity index (χ3v) is 5.66. The number of amides is 1. The van der Waals surface area contributed by atoms with Crippen molar-refractivity contribution >= 4 is 5.91 Å². The molecule has 2 aliphatic heterocycles. The van der Waals surface area contributed by atoms with Crippen LogP contribution in [0, 0.1) is 0 Å². The normalized spacial score (nSPS) is 25.0. The van der Waals surface area contributed by atoms with Crippen molar-refractivity contribution in [3.05, 3.63) is 65.7 Å². The van der Waals surface area contributed by atoms with Gasteiger partial charge in [0.25, 0.3) is 5.91 Å². The standard InChI is InChI=1S/C21H18F3N5O3/c22-21(23,24)14-8-6-13(7-9-14)20(30)25-15-10-31-18-16(11-32-17(15)18)29-19(26-27-28-29)12-4-2-1-3-5-12/h1-9,15-18H,10-11H2,(H,25,30)/t15-,16+,17-,18+/m0/s1. The molecule has 5 rings (SSSR count). The van der Waals surface area contributed by atoms with E-state index in [1.807, 2.05) is 30.3 Å². The first-order valence-electron chi connectivity index (χ1n) is 9.96. The Labute approximate surface area is 180 Å². The van der Waals surface area contributed by atoms with E-state index in [0.717, 1.165) is 29.8 Å². The lowest BCUT2D eigenvalue weighted by molar-refractivity contribution is -0.137. The molecule has 2 aromatic carbocycles. The number of fused-ring (bicyclic) bond motifs is 1. The fourth-order valence-electron chi connectivity index (χ4n) is 4.07. The summed E-state index contributed by atoms with van der Waals surface area (Å²) in [6.07, 6.45) is -5.26. The van der Waals surface area contributed by atoms with E-state index in [-0.39, 0.29) is 24.3 Å². The first-order chi connectivity index (χ1) is 15.4. The molecule has 0 bridgehead atoms. The van der Waals surface area contributed by atoms with Gasteiger partial charge in [0.15, 0.2) is 5.82 Å². The Bertz CT molecular complexity index is 1100. The molecule has 0 unspecified atom stereocenters. The van der Waals surface area contributed by atoms with Crippen LogP contribution in [-0.4, -0.2) is 57.6 Å². The number of nitrogens with one attached hydrogen (secondary N) is 1. The van der Waals surface area contributed by atoms with Gasteiger partial charge < -0.3 is 14.8 Å². The van der Waals surface area contributed by atoms with Crippen molar-refractivity contribution in [1.29, 1.82) is 0 Å². The lowest BCUT2D eigenvalue weighted by Crippen LogP contribution is -2.44. The molecule has 4 atom stereocenters. The number of benzene rings is 2. The van der Waals surface area contributed by atoms with Gasteiger partial charge >= 0.3 is 6.18 Å². The van der Waals surface area contributed by atoms with Gasteiger partial charge in [0.1, 0.15) is 18.2 Å². The van der Waals surface area contributed by atoms with Crippen molar-refractivity contribution in [2.45, 2.75) is 30.5 Å². The number of halogens is 3. The summed E-state index contributed by atoms with van der Waals surface area (Å²) in [5, 5.41) is 14.8. The minimum atomic E-state index is -4.46. The maximum Gasteiger partial charge on any atom is 0.416 e. The van der Waals surface area contributed by atoms with E-state index >= 15 is 0 Å². The molecule has 3 aromatic rings. The molecule has 3 heterocycles. The number of ether oxygens (including phenoxy) is 2. The molecule has 2 fully saturated rings. The highest BCUT2D eigenvalue weighted by Crippen LogP contribution is 2.36. The zero-order valence-electron chi connectivity index (χ0n) is 16.6. The highest BCUT2D eigenvalue weighted by molar-refractivity contribution is 5.94. The summed E-state index contributed by atoms with van der Waals surface area (Å²) in [6.45, 7) is 0.508. The van der Waals surface area contributed by atoms with Gasteiger partial charge in [-0.15, -0.1) is 5.10 Å². The predicted molar refractivity (Wildman–Crippen MR) is 104 cm³/mol. The average Bonchev–Trinajstić information content (AvgIpc) is 3.51. The number of nitrogens with zero attached hydrogens (tertiary/aromatic N) is 4. The molecule has 1 N–H and O–H groups in total. The number of carbonyl (C=O) groups is 1. The first-order valence-corrected chi connectivity index (χ1v) is 9.96. The first kappa shape index (κ1) is 20.6. The van der Waals surface area contributed by atoms with Crippen LogP contribution in [0.25, 0.3) is 11.4 Å². The fraction of sp³-hybridized carbons (Fsp3) is 0.333. The van der Waals surface area contributed by atoms with Gasteiger partial charge in [-0.25, -0.2) is 4.68 Å². The molecule has 0 spiro atoms. The number of alkyl halides is 3. The van der Waals surface area contributed by atoms with Crippen molar-refractivity contribution in [2.75, 3.05) is 13.2 Å². The molecule has 1 aromatic heterocycles. The summed E-state index contributed by atoms with van der Waals surface area (Å²) in [4.78, 5) is 12.6. The van der Waals surface area contributed by atoms with Crippen molar-refractivity contribution in [2.24, 2.45) is 0 Å². The molecular formula is C21H18F3N5O3. The third kappa shape index (κ3) is 3.73. The van der Waals surface area contributed by atoms with Gasteiger partial charge in [-0.3, -0.25) is 4.79 Å². The Hall–Kier alpha value is -3.31. The summed E-state index contributed by atoms with van der Waals surface area (Å²) < 4.78 is 51.7. The van der Waals surface area contributed by atoms with Gasteiger partial charge in [0, 0.05) is 11.1 Å². The van der Waals surface area contributed by atoms with E-state index in [1.54, 1.807) is 4.68 Å². The highest BCUT2D eigenvalue weighted by Gasteiger charge is 2.50. The van der Waals surface area contributed by atoms with Crippen LogP contribution in [0.4, 0.5) is 13.2 Å². The lowest BCUT2D eigenvalue weighted by atomic mass is 10.0. The van der Waals surface area contributed by atoms with Gasteiger partial charge in [-0.05, 0) is 34.7 Å². The second-order valence-electron chi connectivity index (χ2n) is 7.63. The summed E-state index contributed by atoms with van der Waals surface area (Å²) in [5.74, 6) is 0.0908. The molecule has 2 aliphatic rings. The van der Waals surface area contributed by atoms with Crippen LogP contribution >= 0.6 is 0 Å². The largest absolute Gasteiger partial charge is 0.416 e. The monoisotopic (exact) mass is 445 g/mol. The van der Waals surface area contributed by atoms with Crippen LogP contribution in [0.2, 0.25) is 0 Å². The van der Waals surface area contributed by atoms with E-state index in [0.29, 0.717) is 12.4 Å². The van der Waals surface area contributed by atoms with Gasteiger partial charge in [0.2, 0.25) is 0 Å². The Morgan fingerprint density at radius 2 is 1.72 bits per heavy atom. The molecule has 2 saturated heterocycles. The molecule has 0 radical (unpaired) electrons. The summed E-state index contributed by atoms with van der Waals surface area (Å²) in [5.41, 5.74) is 0.171. The quantitative estimate of drug-likeness (QED) is 0.664. The lowest BCUT2D eigenvalue weighted by Gasteiger charge is -2.18. The van der Waals surface area contributed by atoms with E-state index in [1.165, 1.54) is 0 Å². The zero-order valence-corrected chi connectivity index (χ0v) is 16.6. The topological polar surface area (TPSA) is 91.2 Å². The van der Waals surface area contributed by atoms with Crippen LogP contribution in [0.1, 0.15) is 22.0 Å². The van der Waals surface area contributed by atoms with Crippen LogP contribution in [0.3, 0.4) is 0 Å². The second kappa shape index (κ2) is 7.99. The predicted octanol–water partition coefficient (Wildman–Crippen LogP) is 2.50. The minimum Gasteiger partial charge on any atom is -0.371 e. The van der Waals surface area contributed by atoms with E-state index in [9.17, 15) is 18.0 Å². The van der Waals surface area contributed by atoms with Crippen LogP contribution in [-0.2, 0) is 15.7 Å². The minimum absolute atomic E-state index is 0.128. The number of hydrogen-bond acceptors (Lipinski definition) is 6. The zero-order chi connectivity index (χ0) is 22.3. The highest BCUT2D eigenvalue weighted by atomic mass is 19.4. The number of hydrogen-bond donors (Lipinski definition) is 1. The molecule has 0 aliphatic carbocycles. The summed E-state index contributed by atoms with van der Waals surface area (Å²) in [7, 11) is 0. The van der Waals surface area contributed by atoms with E-state index < -0.39 is 29.8 Å². The smallest absolute Gasteiger partial charge is 0.371 e. The van der Waals surface area contributed by atoms with Gasteiger partial charge in [-0.2, -0.15) is 13.2 Å². The maximum atomic E-state index is 12.7. The van der Waals surface area contributed by atoms with Crippen LogP contribution in [0.15, 0.2) is 54.6 Å². The Morgan fingerprint density at radius 1 is 1.00 bits per heavy atom. The van der Waals surface area contributed by atoms with Crippen LogP contribution < -0.4 is 5.32 Å². The molecule has 1 amide bonds. The summed E-state index contributed by atoms with van der Waals surface area (Å²) in [6, 6.07) is 12.8. The Morgan fingerprint density at radius 3 is 2.44 bits per heavy atom.